The lowest BCUT2D eigenvalue weighted by Gasteiger charge is -2.49. The quantitative estimate of drug-likeness (QED) is 0.0962. The summed E-state index contributed by atoms with van der Waals surface area (Å²) in [5.41, 5.74) is 4.20. The molecule has 1 aliphatic carbocycles. The molecule has 10 heteroatoms. The van der Waals surface area contributed by atoms with Crippen molar-refractivity contribution >= 4 is 48.9 Å². The van der Waals surface area contributed by atoms with Gasteiger partial charge in [0.1, 0.15) is 17.7 Å². The fraction of sp³-hybridized carbons (Fsp3) is 0.484. The Kier molecular flexibility index (Phi) is 8.24. The number of thioether (sulfide) groups is 1. The third kappa shape index (κ3) is 5.63. The molecule has 218 valence electrons. The number of β-lactam (4-membered cyclic amide) rings is 1. The molecule has 0 spiro atoms. The Balaban J connectivity index is 1.39. The number of carbonyl (C=O) groups is 1. The molecule has 0 N–H and O–H groups in total. The van der Waals surface area contributed by atoms with Crippen molar-refractivity contribution in [3.63, 3.8) is 0 Å². The monoisotopic (exact) mass is 610 g/mol. The molecule has 0 bridgehead atoms. The van der Waals surface area contributed by atoms with E-state index in [1.165, 1.54) is 23.3 Å². The highest BCUT2D eigenvalue weighted by molar-refractivity contribution is 8.04. The summed E-state index contributed by atoms with van der Waals surface area (Å²) >= 11 is 7.60. The zero-order chi connectivity index (χ0) is 29.7. The first-order valence-corrected chi connectivity index (χ1v) is 18.4. The maximum absolute atomic E-state index is 13.9. The van der Waals surface area contributed by atoms with Gasteiger partial charge in [-0.1, -0.05) is 52.0 Å². The average Bonchev–Trinajstić information content (AvgIpc) is 3.50. The summed E-state index contributed by atoms with van der Waals surface area (Å²) in [6.07, 6.45) is 2.44. The first-order valence-electron chi connectivity index (χ1n) is 14.2. The Hall–Kier alpha value is -2.53. The van der Waals surface area contributed by atoms with Crippen molar-refractivity contribution in [2.45, 2.75) is 83.2 Å². The number of fused-ring (bicyclic) bond motifs is 2. The number of thiocarbonyl (C=S) groups is 1. The Bertz CT molecular complexity index is 1380. The molecule has 5 rings (SSSR count). The molecule has 0 saturated carbocycles. The van der Waals surface area contributed by atoms with Gasteiger partial charge in [-0.05, 0) is 78.4 Å². The van der Waals surface area contributed by atoms with E-state index in [4.69, 9.17) is 21.4 Å². The van der Waals surface area contributed by atoms with Crippen molar-refractivity contribution in [1.82, 2.24) is 4.90 Å². The van der Waals surface area contributed by atoms with Gasteiger partial charge in [0.2, 0.25) is 11.0 Å². The standard InChI is InChI=1S/C31H38N2O5S2Si/c1-7-24(38-41(5,6)31(2,3)4)25-28(34)32-26(30(39)37-18-19-12-14-23(15-13-19)33(35)36)27(40-29(25)32)22-16-20-10-8-9-11-21(20)17-22/h8-15,22,24-25,29H,7,16-18H2,1-6H3/t24-,25+,29+/m0/s1. The van der Waals surface area contributed by atoms with E-state index in [0.717, 1.165) is 35.4 Å². The number of nitrogens with zero attached hydrogens (tertiary/aromatic N) is 2. The third-order valence-corrected chi connectivity index (χ3v) is 15.3. The summed E-state index contributed by atoms with van der Waals surface area (Å²) in [6.45, 7) is 13.4. The number of nitro benzene ring substituents is 1. The van der Waals surface area contributed by atoms with Gasteiger partial charge in [-0.3, -0.25) is 19.8 Å². The average molecular weight is 611 g/mol. The van der Waals surface area contributed by atoms with Crippen molar-refractivity contribution in [1.29, 1.82) is 0 Å². The number of ether oxygens (including phenoxy) is 1. The summed E-state index contributed by atoms with van der Waals surface area (Å²) in [6, 6.07) is 14.8. The van der Waals surface area contributed by atoms with E-state index in [1.807, 2.05) is 4.90 Å². The Morgan fingerprint density at radius 1 is 1.15 bits per heavy atom. The topological polar surface area (TPSA) is 81.9 Å². The molecular weight excluding hydrogens is 573 g/mol. The zero-order valence-electron chi connectivity index (χ0n) is 24.5. The predicted octanol–water partition coefficient (Wildman–Crippen LogP) is 7.40. The lowest BCUT2D eigenvalue weighted by molar-refractivity contribution is -0.384. The number of hydrogen-bond acceptors (Lipinski definition) is 7. The van der Waals surface area contributed by atoms with Gasteiger partial charge in [0.25, 0.3) is 5.69 Å². The van der Waals surface area contributed by atoms with Crippen LogP contribution in [-0.4, -0.2) is 40.6 Å². The molecule has 7 nitrogen and oxygen atoms in total. The lowest BCUT2D eigenvalue weighted by atomic mass is 9.89. The van der Waals surface area contributed by atoms with Crippen LogP contribution in [0, 0.1) is 22.0 Å². The van der Waals surface area contributed by atoms with Gasteiger partial charge in [0.15, 0.2) is 8.32 Å². The third-order valence-electron chi connectivity index (χ3n) is 8.99. The Morgan fingerprint density at radius 3 is 2.29 bits per heavy atom. The molecule has 1 fully saturated rings. The van der Waals surface area contributed by atoms with E-state index in [2.05, 4.69) is 65.1 Å². The van der Waals surface area contributed by atoms with E-state index >= 15 is 0 Å². The number of allylic oxidation sites excluding steroid dienone is 1. The minimum Gasteiger partial charge on any atom is -0.477 e. The summed E-state index contributed by atoms with van der Waals surface area (Å²) in [7, 11) is -2.08. The number of rotatable bonds is 9. The minimum atomic E-state index is -2.08. The van der Waals surface area contributed by atoms with Crippen LogP contribution in [0.5, 0.6) is 0 Å². The van der Waals surface area contributed by atoms with Crippen molar-refractivity contribution in [3.8, 4) is 0 Å². The van der Waals surface area contributed by atoms with Crippen LogP contribution in [0.1, 0.15) is 50.8 Å². The zero-order valence-corrected chi connectivity index (χ0v) is 27.1. The number of non-ortho nitro benzene ring substituents is 1. The van der Waals surface area contributed by atoms with E-state index in [0.29, 0.717) is 5.05 Å². The number of amides is 1. The fourth-order valence-corrected chi connectivity index (χ4v) is 9.06. The van der Waals surface area contributed by atoms with Crippen LogP contribution in [0.4, 0.5) is 5.69 Å². The number of benzene rings is 2. The van der Waals surface area contributed by atoms with E-state index < -0.39 is 13.2 Å². The summed E-state index contributed by atoms with van der Waals surface area (Å²) < 4.78 is 12.9. The SMILES string of the molecule is CC[C@H](O[Si](C)(C)C(C)(C)C)[C@@H]1C(=O)N2C(C(=S)OCc3ccc([N+](=O)[O-])cc3)=C(C3Cc4ccccc4C3)S[C@H]12. The molecule has 1 amide bonds. The summed E-state index contributed by atoms with van der Waals surface area (Å²) in [5.74, 6) is 0.0523. The molecule has 2 aromatic rings. The molecule has 0 radical (unpaired) electrons. The second-order valence-corrected chi connectivity index (χ2v) is 18.9. The van der Waals surface area contributed by atoms with Crippen LogP contribution in [0.25, 0.3) is 0 Å². The molecule has 0 aromatic heterocycles. The van der Waals surface area contributed by atoms with E-state index in [1.54, 1.807) is 23.9 Å². The molecule has 2 heterocycles. The molecule has 1 saturated heterocycles. The van der Waals surface area contributed by atoms with Gasteiger partial charge < -0.3 is 9.16 Å². The van der Waals surface area contributed by atoms with Crippen LogP contribution in [0.2, 0.25) is 18.1 Å². The second-order valence-electron chi connectivity index (χ2n) is 12.7. The highest BCUT2D eigenvalue weighted by Crippen LogP contribution is 2.56. The normalized spacial score (nSPS) is 21.4. The Labute approximate surface area is 253 Å². The maximum atomic E-state index is 13.9. The van der Waals surface area contributed by atoms with Crippen LogP contribution < -0.4 is 0 Å². The molecule has 3 atom stereocenters. The molecule has 0 unspecified atom stereocenters. The first kappa shape index (κ1) is 29.9. The molecule has 2 aromatic carbocycles. The molecular formula is C31H38N2O5S2Si. The highest BCUT2D eigenvalue weighted by atomic mass is 32.2. The molecule has 41 heavy (non-hydrogen) atoms. The van der Waals surface area contributed by atoms with E-state index in [-0.39, 0.29) is 46.6 Å². The number of nitro groups is 1. The smallest absolute Gasteiger partial charge is 0.269 e. The van der Waals surface area contributed by atoms with Gasteiger partial charge in [-0.25, -0.2) is 0 Å². The minimum absolute atomic E-state index is 0.0276. The van der Waals surface area contributed by atoms with Crippen molar-refractivity contribution < 1.29 is 18.9 Å². The first-order chi connectivity index (χ1) is 19.3. The molecule has 2 aliphatic heterocycles. The van der Waals surface area contributed by atoms with Crippen LogP contribution >= 0.6 is 24.0 Å². The Morgan fingerprint density at radius 2 is 1.76 bits per heavy atom. The van der Waals surface area contributed by atoms with Crippen LogP contribution in [0.15, 0.2) is 59.1 Å². The van der Waals surface area contributed by atoms with Crippen molar-refractivity contribution in [3.05, 3.63) is 85.9 Å². The largest absolute Gasteiger partial charge is 0.477 e. The predicted molar refractivity (Wildman–Crippen MR) is 169 cm³/mol. The summed E-state index contributed by atoms with van der Waals surface area (Å²) in [4.78, 5) is 27.5. The fourth-order valence-electron chi connectivity index (χ4n) is 5.63. The van der Waals surface area contributed by atoms with Gasteiger partial charge in [-0.2, -0.15) is 0 Å². The van der Waals surface area contributed by atoms with Gasteiger partial charge >= 0.3 is 0 Å². The van der Waals surface area contributed by atoms with Crippen molar-refractivity contribution in [2.24, 2.45) is 11.8 Å². The highest BCUT2D eigenvalue weighted by Gasteiger charge is 2.59. The van der Waals surface area contributed by atoms with Gasteiger partial charge in [-0.15, -0.1) is 11.8 Å². The summed E-state index contributed by atoms with van der Waals surface area (Å²) in [5, 5.41) is 11.3. The second kappa shape index (κ2) is 11.3. The number of carbonyl (C=O) groups excluding carboxylic acids is 1. The number of hydrogen-bond donors (Lipinski definition) is 0. The maximum Gasteiger partial charge on any atom is 0.269 e. The van der Waals surface area contributed by atoms with E-state index in [9.17, 15) is 14.9 Å². The van der Waals surface area contributed by atoms with Gasteiger partial charge in [0.05, 0.1) is 16.9 Å². The van der Waals surface area contributed by atoms with Crippen molar-refractivity contribution in [2.75, 3.05) is 0 Å². The molecule has 3 aliphatic rings. The van der Waals surface area contributed by atoms with Crippen LogP contribution in [-0.2, 0) is 33.4 Å². The van der Waals surface area contributed by atoms with Gasteiger partial charge in [0, 0.05) is 23.0 Å². The van der Waals surface area contributed by atoms with Crippen LogP contribution in [0.3, 0.4) is 0 Å². The lowest BCUT2D eigenvalue weighted by Crippen LogP contribution is -2.63.